The van der Waals surface area contributed by atoms with Gasteiger partial charge in [-0.1, -0.05) is 6.07 Å². The Bertz CT molecular complexity index is 385. The van der Waals surface area contributed by atoms with E-state index in [4.69, 9.17) is 4.74 Å². The van der Waals surface area contributed by atoms with E-state index in [2.05, 4.69) is 26.1 Å². The molecule has 19 heavy (non-hydrogen) atoms. The van der Waals surface area contributed by atoms with E-state index in [1.165, 1.54) is 6.07 Å². The van der Waals surface area contributed by atoms with Crippen LogP contribution < -0.4 is 10.1 Å². The van der Waals surface area contributed by atoms with Gasteiger partial charge < -0.3 is 10.1 Å². The first-order valence-corrected chi connectivity index (χ1v) is 7.02. The van der Waals surface area contributed by atoms with Gasteiger partial charge in [-0.2, -0.15) is 0 Å². The van der Waals surface area contributed by atoms with Gasteiger partial charge in [0.2, 0.25) is 0 Å². The summed E-state index contributed by atoms with van der Waals surface area (Å²) in [5, 5.41) is 3.45. The fourth-order valence-electron chi connectivity index (χ4n) is 1.72. The SMILES string of the molecule is Cc1ccc(OCCCCCNC(C)(C)C)cc1F. The van der Waals surface area contributed by atoms with Crippen LogP contribution >= 0.6 is 0 Å². The van der Waals surface area contributed by atoms with Crippen LogP contribution in [0.2, 0.25) is 0 Å². The Labute approximate surface area is 116 Å². The number of ether oxygens (including phenoxy) is 1. The summed E-state index contributed by atoms with van der Waals surface area (Å²) >= 11 is 0. The van der Waals surface area contributed by atoms with Gasteiger partial charge in [0, 0.05) is 11.6 Å². The molecule has 0 amide bonds. The Morgan fingerprint density at radius 2 is 1.89 bits per heavy atom. The van der Waals surface area contributed by atoms with Crippen molar-refractivity contribution in [2.24, 2.45) is 0 Å². The third kappa shape index (κ3) is 7.16. The van der Waals surface area contributed by atoms with Gasteiger partial charge in [0.05, 0.1) is 6.61 Å². The largest absolute Gasteiger partial charge is 0.493 e. The van der Waals surface area contributed by atoms with Crippen molar-refractivity contribution in [3.8, 4) is 5.75 Å². The molecule has 0 saturated carbocycles. The minimum atomic E-state index is -0.202. The van der Waals surface area contributed by atoms with Crippen molar-refractivity contribution in [3.63, 3.8) is 0 Å². The molecule has 0 aliphatic rings. The molecule has 0 bridgehead atoms. The van der Waals surface area contributed by atoms with Crippen LogP contribution in [0.4, 0.5) is 4.39 Å². The summed E-state index contributed by atoms with van der Waals surface area (Å²) in [6.07, 6.45) is 3.27. The second kappa shape index (κ2) is 7.49. The lowest BCUT2D eigenvalue weighted by Crippen LogP contribution is -2.36. The van der Waals surface area contributed by atoms with Gasteiger partial charge in [-0.25, -0.2) is 4.39 Å². The van der Waals surface area contributed by atoms with Gasteiger partial charge in [0.1, 0.15) is 11.6 Å². The molecule has 1 N–H and O–H groups in total. The Kier molecular flexibility index (Phi) is 6.29. The van der Waals surface area contributed by atoms with E-state index >= 15 is 0 Å². The van der Waals surface area contributed by atoms with Crippen molar-refractivity contribution < 1.29 is 9.13 Å². The number of halogens is 1. The highest BCUT2D eigenvalue weighted by Gasteiger charge is 2.06. The molecule has 0 fully saturated rings. The molecule has 1 aromatic carbocycles. The summed E-state index contributed by atoms with van der Waals surface area (Å²) in [7, 11) is 0. The zero-order valence-corrected chi connectivity index (χ0v) is 12.6. The zero-order valence-electron chi connectivity index (χ0n) is 12.6. The second-order valence-corrected chi connectivity index (χ2v) is 6.00. The highest BCUT2D eigenvalue weighted by molar-refractivity contribution is 5.27. The molecule has 3 heteroatoms. The number of hydrogen-bond donors (Lipinski definition) is 1. The maximum atomic E-state index is 13.3. The lowest BCUT2D eigenvalue weighted by Gasteiger charge is -2.20. The fourth-order valence-corrected chi connectivity index (χ4v) is 1.72. The molecule has 0 saturated heterocycles. The van der Waals surface area contributed by atoms with Crippen molar-refractivity contribution in [2.75, 3.05) is 13.2 Å². The molecule has 1 rings (SSSR count). The third-order valence-corrected chi connectivity index (χ3v) is 2.89. The van der Waals surface area contributed by atoms with Gasteiger partial charge in [-0.15, -0.1) is 0 Å². The quantitative estimate of drug-likeness (QED) is 0.752. The summed E-state index contributed by atoms with van der Waals surface area (Å²) in [6, 6.07) is 5.02. The van der Waals surface area contributed by atoms with E-state index in [0.717, 1.165) is 25.8 Å². The summed E-state index contributed by atoms with van der Waals surface area (Å²) in [5.41, 5.74) is 0.844. The van der Waals surface area contributed by atoms with Crippen LogP contribution in [-0.4, -0.2) is 18.7 Å². The highest BCUT2D eigenvalue weighted by Crippen LogP contribution is 2.16. The molecule has 0 aliphatic heterocycles. The molecule has 0 radical (unpaired) electrons. The number of unbranched alkanes of at least 4 members (excludes halogenated alkanes) is 2. The monoisotopic (exact) mass is 267 g/mol. The third-order valence-electron chi connectivity index (χ3n) is 2.89. The van der Waals surface area contributed by atoms with Gasteiger partial charge in [0.25, 0.3) is 0 Å². The number of benzene rings is 1. The molecule has 0 aliphatic carbocycles. The van der Waals surface area contributed by atoms with Crippen LogP contribution in [0.1, 0.15) is 45.6 Å². The lowest BCUT2D eigenvalue weighted by molar-refractivity contribution is 0.301. The van der Waals surface area contributed by atoms with Gasteiger partial charge >= 0.3 is 0 Å². The van der Waals surface area contributed by atoms with E-state index in [1.807, 2.05) is 6.07 Å². The molecule has 1 aromatic rings. The smallest absolute Gasteiger partial charge is 0.129 e. The molecular formula is C16H26FNO. The Morgan fingerprint density at radius 1 is 1.16 bits per heavy atom. The zero-order chi connectivity index (χ0) is 14.3. The minimum Gasteiger partial charge on any atom is -0.493 e. The number of aryl methyl sites for hydroxylation is 1. The van der Waals surface area contributed by atoms with Crippen molar-refractivity contribution >= 4 is 0 Å². The summed E-state index contributed by atoms with van der Waals surface area (Å²) in [4.78, 5) is 0. The van der Waals surface area contributed by atoms with Crippen LogP contribution in [0.5, 0.6) is 5.75 Å². The van der Waals surface area contributed by atoms with Gasteiger partial charge in [-0.3, -0.25) is 0 Å². The van der Waals surface area contributed by atoms with Crippen molar-refractivity contribution in [1.29, 1.82) is 0 Å². The average molecular weight is 267 g/mol. The Balaban J connectivity index is 2.09. The fraction of sp³-hybridized carbons (Fsp3) is 0.625. The summed E-state index contributed by atoms with van der Waals surface area (Å²) < 4.78 is 18.8. The number of nitrogens with one attached hydrogen (secondary N) is 1. The Morgan fingerprint density at radius 3 is 2.53 bits per heavy atom. The normalized spacial score (nSPS) is 11.6. The molecule has 0 aromatic heterocycles. The minimum absolute atomic E-state index is 0.190. The highest BCUT2D eigenvalue weighted by atomic mass is 19.1. The maximum Gasteiger partial charge on any atom is 0.129 e. The lowest BCUT2D eigenvalue weighted by atomic mass is 10.1. The van der Waals surface area contributed by atoms with Crippen molar-refractivity contribution in [3.05, 3.63) is 29.6 Å². The summed E-state index contributed by atoms with van der Waals surface area (Å²) in [6.45, 7) is 9.94. The van der Waals surface area contributed by atoms with E-state index in [9.17, 15) is 4.39 Å². The van der Waals surface area contributed by atoms with Crippen LogP contribution in [0.15, 0.2) is 18.2 Å². The number of rotatable bonds is 7. The van der Waals surface area contributed by atoms with E-state index < -0.39 is 0 Å². The predicted molar refractivity (Wildman–Crippen MR) is 78.2 cm³/mol. The Hall–Kier alpha value is -1.09. The first kappa shape index (κ1) is 16.0. The molecule has 2 nitrogen and oxygen atoms in total. The number of hydrogen-bond acceptors (Lipinski definition) is 2. The molecule has 0 atom stereocenters. The van der Waals surface area contributed by atoms with E-state index in [-0.39, 0.29) is 11.4 Å². The molecular weight excluding hydrogens is 241 g/mol. The van der Waals surface area contributed by atoms with Crippen molar-refractivity contribution in [2.45, 2.75) is 52.5 Å². The first-order valence-electron chi connectivity index (χ1n) is 7.02. The first-order chi connectivity index (χ1) is 8.88. The van der Waals surface area contributed by atoms with Crippen LogP contribution in [0, 0.1) is 12.7 Å². The summed E-state index contributed by atoms with van der Waals surface area (Å²) in [5.74, 6) is 0.419. The van der Waals surface area contributed by atoms with Gasteiger partial charge in [0.15, 0.2) is 0 Å². The van der Waals surface area contributed by atoms with Crippen LogP contribution in [0.3, 0.4) is 0 Å². The molecule has 0 spiro atoms. The molecule has 0 heterocycles. The van der Waals surface area contributed by atoms with E-state index in [1.54, 1.807) is 13.0 Å². The van der Waals surface area contributed by atoms with Crippen LogP contribution in [0.25, 0.3) is 0 Å². The predicted octanol–water partition coefficient (Wildman–Crippen LogP) is 4.07. The van der Waals surface area contributed by atoms with E-state index in [0.29, 0.717) is 17.9 Å². The molecule has 0 unspecified atom stereocenters. The topological polar surface area (TPSA) is 21.3 Å². The standard InChI is InChI=1S/C16H26FNO/c1-13-8-9-14(12-15(13)17)19-11-7-5-6-10-18-16(2,3)4/h8-9,12,18H,5-7,10-11H2,1-4H3. The molecule has 108 valence electrons. The van der Waals surface area contributed by atoms with Crippen molar-refractivity contribution in [1.82, 2.24) is 5.32 Å². The second-order valence-electron chi connectivity index (χ2n) is 6.00. The van der Waals surface area contributed by atoms with Crippen LogP contribution in [-0.2, 0) is 0 Å². The van der Waals surface area contributed by atoms with Gasteiger partial charge in [-0.05, 0) is 65.1 Å². The maximum absolute atomic E-state index is 13.3. The average Bonchev–Trinajstić information content (AvgIpc) is 2.31.